The van der Waals surface area contributed by atoms with Gasteiger partial charge in [0.05, 0.1) is 5.92 Å². The molecule has 0 aliphatic carbocycles. The summed E-state index contributed by atoms with van der Waals surface area (Å²) in [4.78, 5) is 10.5. The van der Waals surface area contributed by atoms with Crippen LogP contribution in [0.3, 0.4) is 0 Å². The predicted molar refractivity (Wildman–Crippen MR) is 44.1 cm³/mol. The van der Waals surface area contributed by atoms with E-state index in [2.05, 4.69) is 0 Å². The molecular weight excluding hydrogens is 175 g/mol. The molecule has 0 saturated carbocycles. The summed E-state index contributed by atoms with van der Waals surface area (Å²) in [6.07, 6.45) is 0. The lowest BCUT2D eigenvalue weighted by molar-refractivity contribution is -0.138. The molecule has 0 aliphatic rings. The van der Waals surface area contributed by atoms with Crippen LogP contribution in [0.15, 0.2) is 18.2 Å². The molecule has 1 aromatic carbocycles. The van der Waals surface area contributed by atoms with E-state index in [1.807, 2.05) is 0 Å². The molecule has 0 saturated heterocycles. The van der Waals surface area contributed by atoms with Gasteiger partial charge >= 0.3 is 5.97 Å². The van der Waals surface area contributed by atoms with Gasteiger partial charge in [0.25, 0.3) is 0 Å². The lowest BCUT2D eigenvalue weighted by Crippen LogP contribution is -2.09. The zero-order valence-corrected chi connectivity index (χ0v) is 6.99. The highest BCUT2D eigenvalue weighted by atomic mass is 19.1. The van der Waals surface area contributed by atoms with Crippen molar-refractivity contribution in [2.75, 3.05) is 0 Å². The Labute approximate surface area is 74.4 Å². The van der Waals surface area contributed by atoms with Crippen molar-refractivity contribution >= 4 is 5.97 Å². The first-order chi connectivity index (χ1) is 6.04. The van der Waals surface area contributed by atoms with Crippen molar-refractivity contribution in [3.63, 3.8) is 0 Å². The third-order valence-corrected chi connectivity index (χ3v) is 1.83. The van der Waals surface area contributed by atoms with Gasteiger partial charge in [-0.15, -0.1) is 0 Å². The van der Waals surface area contributed by atoms with Crippen LogP contribution in [0.5, 0.6) is 5.75 Å². The maximum absolute atomic E-state index is 13.0. The minimum absolute atomic E-state index is 0.171. The summed E-state index contributed by atoms with van der Waals surface area (Å²) in [7, 11) is 0. The van der Waals surface area contributed by atoms with Crippen LogP contribution >= 0.6 is 0 Å². The summed E-state index contributed by atoms with van der Waals surface area (Å²) in [6.45, 7) is 1.32. The minimum atomic E-state index is -1.17. The molecular formula is C9H9FO3. The van der Waals surface area contributed by atoms with Crippen molar-refractivity contribution in [3.8, 4) is 5.75 Å². The predicted octanol–water partition coefficient (Wildman–Crippen LogP) is 1.72. The SMILES string of the molecule is CC(C(=O)O)c1c(O)cccc1F. The number of phenolic OH excluding ortho intramolecular Hbond substituents is 1. The molecule has 1 aromatic rings. The van der Waals surface area contributed by atoms with E-state index in [1.54, 1.807) is 0 Å². The average molecular weight is 184 g/mol. The highest BCUT2D eigenvalue weighted by Gasteiger charge is 2.20. The van der Waals surface area contributed by atoms with Crippen molar-refractivity contribution in [1.82, 2.24) is 0 Å². The molecule has 0 radical (unpaired) electrons. The Bertz CT molecular complexity index is 315. The van der Waals surface area contributed by atoms with Crippen LogP contribution in [-0.4, -0.2) is 16.2 Å². The van der Waals surface area contributed by atoms with Gasteiger partial charge < -0.3 is 10.2 Å². The highest BCUT2D eigenvalue weighted by molar-refractivity contribution is 5.76. The Hall–Kier alpha value is -1.58. The Morgan fingerprint density at radius 3 is 2.62 bits per heavy atom. The van der Waals surface area contributed by atoms with Crippen LogP contribution in [0, 0.1) is 5.82 Å². The Morgan fingerprint density at radius 1 is 1.54 bits per heavy atom. The fourth-order valence-electron chi connectivity index (χ4n) is 1.08. The second-order valence-electron chi connectivity index (χ2n) is 2.73. The quantitative estimate of drug-likeness (QED) is 0.735. The van der Waals surface area contributed by atoms with E-state index in [4.69, 9.17) is 5.11 Å². The van der Waals surface area contributed by atoms with Gasteiger partial charge in [0, 0.05) is 5.56 Å². The normalized spacial score (nSPS) is 12.5. The summed E-state index contributed by atoms with van der Waals surface area (Å²) < 4.78 is 13.0. The molecule has 0 aliphatic heterocycles. The van der Waals surface area contributed by atoms with Crippen molar-refractivity contribution < 1.29 is 19.4 Å². The number of carboxylic acids is 1. The van der Waals surface area contributed by atoms with Crippen LogP contribution < -0.4 is 0 Å². The van der Waals surface area contributed by atoms with Crippen molar-refractivity contribution in [3.05, 3.63) is 29.6 Å². The summed E-state index contributed by atoms with van der Waals surface area (Å²) in [5.74, 6) is -3.23. The third kappa shape index (κ3) is 1.77. The molecule has 0 amide bonds. The number of hydrogen-bond acceptors (Lipinski definition) is 2. The first kappa shape index (κ1) is 9.51. The summed E-state index contributed by atoms with van der Waals surface area (Å²) >= 11 is 0. The van der Waals surface area contributed by atoms with Gasteiger partial charge in [-0.3, -0.25) is 4.79 Å². The largest absolute Gasteiger partial charge is 0.508 e. The second-order valence-corrected chi connectivity index (χ2v) is 2.73. The topological polar surface area (TPSA) is 57.5 Å². The lowest BCUT2D eigenvalue weighted by atomic mass is 10.00. The molecule has 1 rings (SSSR count). The number of phenols is 1. The third-order valence-electron chi connectivity index (χ3n) is 1.83. The maximum Gasteiger partial charge on any atom is 0.310 e. The first-order valence-corrected chi connectivity index (χ1v) is 3.74. The van der Waals surface area contributed by atoms with Gasteiger partial charge in [0.15, 0.2) is 0 Å². The number of carboxylic acid groups (broad SMARTS) is 1. The van der Waals surface area contributed by atoms with E-state index in [0.29, 0.717) is 0 Å². The smallest absolute Gasteiger partial charge is 0.310 e. The number of halogens is 1. The van der Waals surface area contributed by atoms with Gasteiger partial charge in [-0.05, 0) is 19.1 Å². The van der Waals surface area contributed by atoms with Crippen LogP contribution in [0.2, 0.25) is 0 Å². The standard InChI is InChI=1S/C9H9FO3/c1-5(9(12)13)8-6(10)3-2-4-7(8)11/h2-5,11H,1H3,(H,12,13). The zero-order valence-electron chi connectivity index (χ0n) is 6.99. The van der Waals surface area contributed by atoms with Gasteiger partial charge in [-0.25, -0.2) is 4.39 Å². The van der Waals surface area contributed by atoms with E-state index in [1.165, 1.54) is 19.1 Å². The molecule has 0 bridgehead atoms. The maximum atomic E-state index is 13.0. The molecule has 3 nitrogen and oxygen atoms in total. The van der Waals surface area contributed by atoms with Crippen molar-refractivity contribution in [1.29, 1.82) is 0 Å². The summed E-state index contributed by atoms with van der Waals surface area (Å²) in [5.41, 5.74) is -0.171. The number of benzene rings is 1. The molecule has 13 heavy (non-hydrogen) atoms. The van der Waals surface area contributed by atoms with Crippen LogP contribution in [0.25, 0.3) is 0 Å². The molecule has 0 fully saturated rings. The average Bonchev–Trinajstić information content (AvgIpc) is 2.03. The Kier molecular flexibility index (Phi) is 2.51. The molecule has 0 aromatic heterocycles. The molecule has 4 heteroatoms. The van der Waals surface area contributed by atoms with E-state index in [9.17, 15) is 14.3 Å². The number of aromatic hydroxyl groups is 1. The van der Waals surface area contributed by atoms with E-state index in [0.717, 1.165) is 6.07 Å². The van der Waals surface area contributed by atoms with Gasteiger partial charge in [-0.2, -0.15) is 0 Å². The molecule has 2 N–H and O–H groups in total. The fourth-order valence-corrected chi connectivity index (χ4v) is 1.08. The Balaban J connectivity index is 3.20. The molecule has 0 spiro atoms. The summed E-state index contributed by atoms with van der Waals surface area (Å²) in [6, 6.07) is 3.70. The lowest BCUT2D eigenvalue weighted by Gasteiger charge is -2.09. The first-order valence-electron chi connectivity index (χ1n) is 3.74. The monoisotopic (exact) mass is 184 g/mol. The number of hydrogen-bond donors (Lipinski definition) is 2. The number of rotatable bonds is 2. The number of carbonyl (C=O) groups is 1. The van der Waals surface area contributed by atoms with Gasteiger partial charge in [-0.1, -0.05) is 6.07 Å². The molecule has 0 heterocycles. The van der Waals surface area contributed by atoms with Crippen LogP contribution in [-0.2, 0) is 4.79 Å². The molecule has 1 atom stereocenters. The zero-order chi connectivity index (χ0) is 10.0. The van der Waals surface area contributed by atoms with Gasteiger partial charge in [0.1, 0.15) is 11.6 Å². The van der Waals surface area contributed by atoms with E-state index < -0.39 is 17.7 Å². The van der Waals surface area contributed by atoms with E-state index >= 15 is 0 Å². The highest BCUT2D eigenvalue weighted by Crippen LogP contribution is 2.27. The number of aliphatic carboxylic acids is 1. The van der Waals surface area contributed by atoms with E-state index in [-0.39, 0.29) is 11.3 Å². The van der Waals surface area contributed by atoms with Crippen LogP contribution in [0.1, 0.15) is 18.4 Å². The summed E-state index contributed by atoms with van der Waals surface area (Å²) in [5, 5.41) is 17.8. The minimum Gasteiger partial charge on any atom is -0.508 e. The van der Waals surface area contributed by atoms with Crippen LogP contribution in [0.4, 0.5) is 4.39 Å². The molecule has 1 unspecified atom stereocenters. The van der Waals surface area contributed by atoms with Crippen molar-refractivity contribution in [2.24, 2.45) is 0 Å². The van der Waals surface area contributed by atoms with Crippen molar-refractivity contribution in [2.45, 2.75) is 12.8 Å². The fraction of sp³-hybridized carbons (Fsp3) is 0.222. The van der Waals surface area contributed by atoms with Gasteiger partial charge in [0.2, 0.25) is 0 Å². The molecule has 70 valence electrons. The Morgan fingerprint density at radius 2 is 2.15 bits per heavy atom. The second kappa shape index (κ2) is 3.43.